The Morgan fingerprint density at radius 2 is 1.39 bits per heavy atom. The van der Waals surface area contributed by atoms with E-state index in [2.05, 4.69) is 5.32 Å². The molecule has 0 saturated carbocycles. The van der Waals surface area contributed by atoms with Crippen molar-refractivity contribution in [1.29, 1.82) is 0 Å². The quantitative estimate of drug-likeness (QED) is 0.741. The van der Waals surface area contributed by atoms with Gasteiger partial charge in [0.2, 0.25) is 0 Å². The smallest absolute Gasteiger partial charge is 0.407 e. The molecule has 23 heavy (non-hydrogen) atoms. The van der Waals surface area contributed by atoms with E-state index in [9.17, 15) is 14.4 Å². The Kier molecular flexibility index (Phi) is 9.05. The highest BCUT2D eigenvalue weighted by molar-refractivity contribution is 8.14. The molecule has 1 amide bonds. The van der Waals surface area contributed by atoms with Crippen molar-refractivity contribution in [3.05, 3.63) is 0 Å². The van der Waals surface area contributed by atoms with Crippen molar-refractivity contribution in [3.8, 4) is 0 Å². The van der Waals surface area contributed by atoms with Gasteiger partial charge in [0.15, 0.2) is 5.12 Å². The summed E-state index contributed by atoms with van der Waals surface area (Å²) < 4.78 is 10.4. The summed E-state index contributed by atoms with van der Waals surface area (Å²) in [5.41, 5.74) is -1.17. The second-order valence-electron chi connectivity index (χ2n) is 6.92. The topological polar surface area (TPSA) is 81.7 Å². The lowest BCUT2D eigenvalue weighted by Gasteiger charge is -2.23. The van der Waals surface area contributed by atoms with E-state index in [1.54, 1.807) is 41.5 Å². The van der Waals surface area contributed by atoms with Crippen molar-refractivity contribution < 1.29 is 23.9 Å². The van der Waals surface area contributed by atoms with Gasteiger partial charge < -0.3 is 14.8 Å². The van der Waals surface area contributed by atoms with Crippen LogP contribution >= 0.6 is 23.5 Å². The number of hydrogen-bond donors (Lipinski definition) is 1. The highest BCUT2D eigenvalue weighted by atomic mass is 32.2. The average Bonchev–Trinajstić information content (AvgIpc) is 2.27. The minimum absolute atomic E-state index is 0.0525. The molecule has 0 radical (unpaired) electrons. The fourth-order valence-corrected chi connectivity index (χ4v) is 2.91. The zero-order chi connectivity index (χ0) is 18.3. The molecule has 0 saturated heterocycles. The first-order valence-electron chi connectivity index (χ1n) is 7.27. The van der Waals surface area contributed by atoms with Gasteiger partial charge in [0.05, 0.1) is 6.04 Å². The highest BCUT2D eigenvalue weighted by Crippen LogP contribution is 2.17. The van der Waals surface area contributed by atoms with Gasteiger partial charge in [0.25, 0.3) is 0 Å². The Balaban J connectivity index is 4.53. The molecular formula is C15H27NO5S2. The van der Waals surface area contributed by atoms with Crippen LogP contribution in [0.1, 0.15) is 48.5 Å². The standard InChI is InChI=1S/C15H27NO5S2/c1-10(17)22-8-11(16-12(18)20-14(2,3)4)9-23-13(19)21-15(5,6)7/h11H,8-9H2,1-7H3,(H,16,18). The summed E-state index contributed by atoms with van der Waals surface area (Å²) in [6, 6.07) is -0.378. The van der Waals surface area contributed by atoms with Crippen LogP contribution in [0.3, 0.4) is 0 Å². The zero-order valence-corrected chi connectivity index (χ0v) is 16.5. The molecule has 0 aromatic rings. The van der Waals surface area contributed by atoms with E-state index < -0.39 is 22.6 Å². The van der Waals surface area contributed by atoms with Gasteiger partial charge in [-0.1, -0.05) is 11.8 Å². The molecule has 6 nitrogen and oxygen atoms in total. The molecule has 1 atom stereocenters. The minimum Gasteiger partial charge on any atom is -0.452 e. The summed E-state index contributed by atoms with van der Waals surface area (Å²) in [5, 5.41) is 2.22. The first-order valence-corrected chi connectivity index (χ1v) is 9.24. The molecular weight excluding hydrogens is 338 g/mol. The van der Waals surface area contributed by atoms with E-state index in [1.807, 2.05) is 0 Å². The number of nitrogens with one attached hydrogen (secondary N) is 1. The molecule has 0 fully saturated rings. The lowest BCUT2D eigenvalue weighted by atomic mass is 10.2. The van der Waals surface area contributed by atoms with Crippen LogP contribution in [0.15, 0.2) is 0 Å². The molecule has 0 rings (SSSR count). The largest absolute Gasteiger partial charge is 0.452 e. The van der Waals surface area contributed by atoms with Crippen LogP contribution in [0, 0.1) is 0 Å². The van der Waals surface area contributed by atoms with Gasteiger partial charge in [-0.25, -0.2) is 9.59 Å². The van der Waals surface area contributed by atoms with E-state index in [0.717, 1.165) is 23.5 Å². The Morgan fingerprint density at radius 3 is 1.83 bits per heavy atom. The van der Waals surface area contributed by atoms with Gasteiger partial charge in [-0.3, -0.25) is 4.79 Å². The van der Waals surface area contributed by atoms with Crippen LogP contribution in [-0.4, -0.2) is 45.3 Å². The summed E-state index contributed by atoms with van der Waals surface area (Å²) in [6.45, 7) is 12.1. The third-order valence-corrected chi connectivity index (χ3v) is 3.86. The minimum atomic E-state index is -0.610. The molecule has 0 spiro atoms. The van der Waals surface area contributed by atoms with E-state index in [0.29, 0.717) is 11.5 Å². The number of thioether (sulfide) groups is 2. The number of hydrogen-bond acceptors (Lipinski definition) is 7. The second-order valence-corrected chi connectivity index (χ2v) is 9.07. The van der Waals surface area contributed by atoms with Crippen LogP contribution in [-0.2, 0) is 14.3 Å². The summed E-state index contributed by atoms with van der Waals surface area (Å²) in [7, 11) is 0. The predicted molar refractivity (Wildman–Crippen MR) is 95.0 cm³/mol. The van der Waals surface area contributed by atoms with Crippen molar-refractivity contribution >= 4 is 40.0 Å². The molecule has 0 bridgehead atoms. The predicted octanol–water partition coefficient (Wildman–Crippen LogP) is 3.83. The lowest BCUT2D eigenvalue weighted by Crippen LogP contribution is -2.42. The average molecular weight is 366 g/mol. The zero-order valence-electron chi connectivity index (χ0n) is 14.8. The summed E-state index contributed by atoms with van der Waals surface area (Å²) in [6.07, 6.45) is -0.573. The summed E-state index contributed by atoms with van der Waals surface area (Å²) in [4.78, 5) is 34.7. The van der Waals surface area contributed by atoms with E-state index in [1.165, 1.54) is 6.92 Å². The van der Waals surface area contributed by atoms with Gasteiger partial charge >= 0.3 is 11.4 Å². The number of carbonyl (C=O) groups excluding carboxylic acids is 3. The van der Waals surface area contributed by atoms with Gasteiger partial charge in [-0.05, 0) is 53.3 Å². The van der Waals surface area contributed by atoms with Gasteiger partial charge in [0, 0.05) is 18.4 Å². The first-order chi connectivity index (χ1) is 10.3. The Hall–Kier alpha value is -0.890. The molecule has 0 aliphatic heterocycles. The SMILES string of the molecule is CC(=O)SCC(CSC(=O)OC(C)(C)C)NC(=O)OC(C)(C)C. The molecule has 1 unspecified atom stereocenters. The number of carbonyl (C=O) groups is 3. The molecule has 0 aliphatic rings. The van der Waals surface area contributed by atoms with Crippen LogP contribution < -0.4 is 5.32 Å². The lowest BCUT2D eigenvalue weighted by molar-refractivity contribution is -0.109. The van der Waals surface area contributed by atoms with Crippen LogP contribution in [0.4, 0.5) is 9.59 Å². The molecule has 0 aliphatic carbocycles. The maximum atomic E-state index is 11.8. The van der Waals surface area contributed by atoms with Crippen LogP contribution in [0.5, 0.6) is 0 Å². The normalized spacial score (nSPS) is 13.2. The van der Waals surface area contributed by atoms with Crippen LogP contribution in [0.25, 0.3) is 0 Å². The van der Waals surface area contributed by atoms with Crippen molar-refractivity contribution in [1.82, 2.24) is 5.32 Å². The van der Waals surface area contributed by atoms with E-state index in [-0.39, 0.29) is 11.2 Å². The van der Waals surface area contributed by atoms with E-state index >= 15 is 0 Å². The van der Waals surface area contributed by atoms with Crippen molar-refractivity contribution in [3.63, 3.8) is 0 Å². The Morgan fingerprint density at radius 1 is 0.913 bits per heavy atom. The van der Waals surface area contributed by atoms with Crippen molar-refractivity contribution in [2.45, 2.75) is 65.7 Å². The van der Waals surface area contributed by atoms with Gasteiger partial charge in [-0.2, -0.15) is 0 Å². The van der Waals surface area contributed by atoms with Crippen molar-refractivity contribution in [2.24, 2.45) is 0 Å². The monoisotopic (exact) mass is 365 g/mol. The second kappa shape index (κ2) is 9.42. The highest BCUT2D eigenvalue weighted by Gasteiger charge is 2.22. The molecule has 0 aromatic carbocycles. The van der Waals surface area contributed by atoms with Gasteiger partial charge in [0.1, 0.15) is 11.2 Å². The molecule has 8 heteroatoms. The first kappa shape index (κ1) is 22.1. The molecule has 0 aromatic heterocycles. The third-order valence-electron chi connectivity index (χ3n) is 2.00. The summed E-state index contributed by atoms with van der Waals surface area (Å²) in [5.74, 6) is 0.665. The van der Waals surface area contributed by atoms with E-state index in [4.69, 9.17) is 9.47 Å². The fraction of sp³-hybridized carbons (Fsp3) is 0.800. The van der Waals surface area contributed by atoms with Crippen LogP contribution in [0.2, 0.25) is 0 Å². The third kappa shape index (κ3) is 14.4. The number of ether oxygens (including phenoxy) is 2. The number of rotatable bonds is 5. The number of amides is 1. The maximum absolute atomic E-state index is 11.8. The molecule has 0 heterocycles. The Bertz CT molecular complexity index is 427. The Labute approximate surface area is 146 Å². The maximum Gasteiger partial charge on any atom is 0.407 e. The fourth-order valence-electron chi connectivity index (χ4n) is 1.27. The molecule has 134 valence electrons. The summed E-state index contributed by atoms with van der Waals surface area (Å²) >= 11 is 2.06. The van der Waals surface area contributed by atoms with Gasteiger partial charge in [-0.15, -0.1) is 0 Å². The molecule has 1 N–H and O–H groups in total. The number of alkyl carbamates (subject to hydrolysis) is 1. The van der Waals surface area contributed by atoms with Crippen molar-refractivity contribution in [2.75, 3.05) is 11.5 Å².